The lowest BCUT2D eigenvalue weighted by Crippen LogP contribution is -2.20. The van der Waals surface area contributed by atoms with E-state index in [1.165, 1.54) is 6.08 Å². The quantitative estimate of drug-likeness (QED) is 0.875. The first-order chi connectivity index (χ1) is 9.15. The van der Waals surface area contributed by atoms with E-state index in [1.807, 2.05) is 16.0 Å². The van der Waals surface area contributed by atoms with Gasteiger partial charge in [0.2, 0.25) is 0 Å². The van der Waals surface area contributed by atoms with Crippen molar-refractivity contribution < 1.29 is 9.90 Å². The summed E-state index contributed by atoms with van der Waals surface area (Å²) in [7, 11) is 0. The van der Waals surface area contributed by atoms with E-state index in [1.54, 1.807) is 17.4 Å². The van der Waals surface area contributed by atoms with Crippen molar-refractivity contribution in [1.29, 1.82) is 0 Å². The molecule has 0 aromatic carbocycles. The van der Waals surface area contributed by atoms with Gasteiger partial charge in [-0.25, -0.2) is 9.78 Å². The first-order valence-electron chi connectivity index (χ1n) is 6.26. The van der Waals surface area contributed by atoms with Crippen LogP contribution in [0.1, 0.15) is 19.0 Å². The van der Waals surface area contributed by atoms with E-state index < -0.39 is 5.97 Å². The molecule has 1 aliphatic rings. The Hall–Kier alpha value is -1.82. The molecule has 1 saturated heterocycles. The summed E-state index contributed by atoms with van der Waals surface area (Å²) >= 11 is 1.56. The van der Waals surface area contributed by atoms with Crippen LogP contribution >= 0.6 is 11.3 Å². The molecule has 3 rings (SSSR count). The summed E-state index contributed by atoms with van der Waals surface area (Å²) < 4.78 is 1.95. The normalized spacial score (nSPS) is 19.8. The Labute approximate surface area is 114 Å². The number of carbonyl (C=O) groups is 1. The van der Waals surface area contributed by atoms with Crippen LogP contribution in [0.5, 0.6) is 0 Å². The maximum atomic E-state index is 10.7. The zero-order valence-corrected chi connectivity index (χ0v) is 11.4. The Morgan fingerprint density at radius 2 is 2.47 bits per heavy atom. The lowest BCUT2D eigenvalue weighted by molar-refractivity contribution is -0.131. The van der Waals surface area contributed by atoms with Crippen molar-refractivity contribution in [3.63, 3.8) is 0 Å². The summed E-state index contributed by atoms with van der Waals surface area (Å²) in [6.07, 6.45) is 5.89. The lowest BCUT2D eigenvalue weighted by Gasteiger charge is -2.15. The van der Waals surface area contributed by atoms with Crippen LogP contribution in [0, 0.1) is 5.92 Å². The molecule has 0 bridgehead atoms. The first kappa shape index (κ1) is 12.2. The SMILES string of the molecule is CC1CCN(c2nc3sccn3c2C=CC(=O)O)C1. The molecule has 5 nitrogen and oxygen atoms in total. The minimum absolute atomic E-state index is 0.663. The second kappa shape index (κ2) is 4.70. The largest absolute Gasteiger partial charge is 0.478 e. The van der Waals surface area contributed by atoms with Crippen LogP contribution in [0.3, 0.4) is 0 Å². The van der Waals surface area contributed by atoms with Crippen LogP contribution in [0.2, 0.25) is 0 Å². The fraction of sp³-hybridized carbons (Fsp3) is 0.385. The van der Waals surface area contributed by atoms with Gasteiger partial charge < -0.3 is 10.0 Å². The molecule has 1 atom stereocenters. The van der Waals surface area contributed by atoms with E-state index in [-0.39, 0.29) is 0 Å². The average Bonchev–Trinajstić information content (AvgIpc) is 3.00. The van der Waals surface area contributed by atoms with Crippen molar-refractivity contribution in [2.24, 2.45) is 5.92 Å². The van der Waals surface area contributed by atoms with Crippen LogP contribution in [-0.2, 0) is 4.79 Å². The molecule has 3 heterocycles. The molecule has 2 aromatic heterocycles. The number of hydrogen-bond acceptors (Lipinski definition) is 4. The Morgan fingerprint density at radius 3 is 3.16 bits per heavy atom. The highest BCUT2D eigenvalue weighted by Gasteiger charge is 2.24. The number of anilines is 1. The van der Waals surface area contributed by atoms with Crippen LogP contribution in [0.4, 0.5) is 5.82 Å². The molecule has 100 valence electrons. The van der Waals surface area contributed by atoms with E-state index >= 15 is 0 Å². The number of aliphatic carboxylic acids is 1. The molecule has 0 radical (unpaired) electrons. The molecule has 1 fully saturated rings. The second-order valence-electron chi connectivity index (χ2n) is 4.89. The molecule has 0 spiro atoms. The van der Waals surface area contributed by atoms with Crippen molar-refractivity contribution in [2.45, 2.75) is 13.3 Å². The second-order valence-corrected chi connectivity index (χ2v) is 5.76. The van der Waals surface area contributed by atoms with Crippen molar-refractivity contribution in [2.75, 3.05) is 18.0 Å². The Bertz CT molecular complexity index is 643. The number of carboxylic acid groups (broad SMARTS) is 1. The van der Waals surface area contributed by atoms with Gasteiger partial charge in [-0.3, -0.25) is 4.40 Å². The van der Waals surface area contributed by atoms with Gasteiger partial charge >= 0.3 is 5.97 Å². The predicted octanol–water partition coefficient (Wildman–Crippen LogP) is 2.34. The highest BCUT2D eigenvalue weighted by molar-refractivity contribution is 7.15. The van der Waals surface area contributed by atoms with Gasteiger partial charge in [0.25, 0.3) is 0 Å². The third kappa shape index (κ3) is 2.23. The van der Waals surface area contributed by atoms with Gasteiger partial charge in [0.05, 0.1) is 5.69 Å². The Balaban J connectivity index is 2.05. The summed E-state index contributed by atoms with van der Waals surface area (Å²) in [6, 6.07) is 0. The fourth-order valence-corrected chi connectivity index (χ4v) is 3.17. The smallest absolute Gasteiger partial charge is 0.328 e. The highest BCUT2D eigenvalue weighted by Crippen LogP contribution is 2.29. The van der Waals surface area contributed by atoms with E-state index in [4.69, 9.17) is 5.11 Å². The number of hydrogen-bond donors (Lipinski definition) is 1. The molecule has 0 saturated carbocycles. The molecule has 0 amide bonds. The predicted molar refractivity (Wildman–Crippen MR) is 75.7 cm³/mol. The van der Waals surface area contributed by atoms with E-state index in [0.717, 1.165) is 36.0 Å². The summed E-state index contributed by atoms with van der Waals surface area (Å²) in [5.74, 6) is 0.621. The maximum absolute atomic E-state index is 10.7. The van der Waals surface area contributed by atoms with Gasteiger partial charge in [0.15, 0.2) is 10.8 Å². The van der Waals surface area contributed by atoms with Crippen LogP contribution in [-0.4, -0.2) is 33.6 Å². The molecule has 0 aliphatic carbocycles. The van der Waals surface area contributed by atoms with Gasteiger partial charge in [-0.05, 0) is 18.4 Å². The zero-order valence-electron chi connectivity index (χ0n) is 10.6. The molecule has 19 heavy (non-hydrogen) atoms. The minimum Gasteiger partial charge on any atom is -0.478 e. The van der Waals surface area contributed by atoms with Gasteiger partial charge in [0, 0.05) is 30.7 Å². The molecule has 1 N–H and O–H groups in total. The van der Waals surface area contributed by atoms with Gasteiger partial charge in [-0.1, -0.05) is 6.92 Å². The number of carboxylic acids is 1. The zero-order chi connectivity index (χ0) is 13.4. The van der Waals surface area contributed by atoms with Crippen LogP contribution in [0.25, 0.3) is 11.0 Å². The standard InChI is InChI=1S/C13H15N3O2S/c1-9-4-5-15(8-9)12-10(2-3-11(17)18)16-6-7-19-13(16)14-12/h2-3,6-7,9H,4-5,8H2,1H3,(H,17,18). The van der Waals surface area contributed by atoms with Crippen molar-refractivity contribution in [3.05, 3.63) is 23.3 Å². The third-order valence-electron chi connectivity index (χ3n) is 3.39. The summed E-state index contributed by atoms with van der Waals surface area (Å²) in [6.45, 7) is 4.20. The molecule has 1 aliphatic heterocycles. The van der Waals surface area contributed by atoms with E-state index in [9.17, 15) is 4.79 Å². The van der Waals surface area contributed by atoms with E-state index in [2.05, 4.69) is 16.8 Å². The molecule has 1 unspecified atom stereocenters. The monoisotopic (exact) mass is 277 g/mol. The number of aromatic nitrogens is 2. The topological polar surface area (TPSA) is 57.8 Å². The molecule has 2 aromatic rings. The number of imidazole rings is 1. The molecule has 6 heteroatoms. The summed E-state index contributed by atoms with van der Waals surface area (Å²) in [4.78, 5) is 18.5. The number of fused-ring (bicyclic) bond motifs is 1. The van der Waals surface area contributed by atoms with Crippen molar-refractivity contribution >= 4 is 34.2 Å². The van der Waals surface area contributed by atoms with Crippen LogP contribution in [0.15, 0.2) is 17.7 Å². The minimum atomic E-state index is -0.939. The molecular formula is C13H15N3O2S. The first-order valence-corrected chi connectivity index (χ1v) is 7.14. The van der Waals surface area contributed by atoms with Gasteiger partial charge in [-0.2, -0.15) is 0 Å². The van der Waals surface area contributed by atoms with Gasteiger partial charge in [0.1, 0.15) is 0 Å². The Kier molecular flexibility index (Phi) is 3.02. The van der Waals surface area contributed by atoms with Crippen molar-refractivity contribution in [3.8, 4) is 0 Å². The van der Waals surface area contributed by atoms with E-state index in [0.29, 0.717) is 5.92 Å². The highest BCUT2D eigenvalue weighted by atomic mass is 32.1. The third-order valence-corrected chi connectivity index (χ3v) is 4.14. The van der Waals surface area contributed by atoms with Crippen molar-refractivity contribution in [1.82, 2.24) is 9.38 Å². The average molecular weight is 277 g/mol. The maximum Gasteiger partial charge on any atom is 0.328 e. The summed E-state index contributed by atoms with van der Waals surface area (Å²) in [5.41, 5.74) is 0.854. The lowest BCUT2D eigenvalue weighted by atomic mass is 10.2. The number of rotatable bonds is 3. The number of thiazole rings is 1. The van der Waals surface area contributed by atoms with Gasteiger partial charge in [-0.15, -0.1) is 11.3 Å². The van der Waals surface area contributed by atoms with Crippen LogP contribution < -0.4 is 4.90 Å². The summed E-state index contributed by atoms with van der Waals surface area (Å²) in [5, 5.41) is 10.8. The molecular weight excluding hydrogens is 262 g/mol. The Morgan fingerprint density at radius 1 is 1.63 bits per heavy atom. The fourth-order valence-electron chi connectivity index (χ4n) is 2.46. The number of nitrogens with zero attached hydrogens (tertiary/aromatic N) is 3.